The van der Waals surface area contributed by atoms with Crippen molar-refractivity contribution in [2.45, 2.75) is 6.92 Å². The van der Waals surface area contributed by atoms with Gasteiger partial charge in [0.1, 0.15) is 6.07 Å². The van der Waals surface area contributed by atoms with Crippen LogP contribution in [-0.2, 0) is 4.79 Å². The molecule has 1 aliphatic rings. The molecule has 3 rings (SSSR count). The minimum absolute atomic E-state index is 0.0608. The standard InChI is InChI=1S/C21H19N3O3S/c1-14-4-7-16(8-5-14)23-21-24(2)20(25)19(28-21)13-15-6-9-17(27-11-10-22)18(12-15)26-3/h4-9,12-13H,11H2,1-3H3/b19-13+,23-21?. The molecule has 0 saturated carbocycles. The van der Waals surface area contributed by atoms with Crippen molar-refractivity contribution in [1.82, 2.24) is 4.90 Å². The minimum atomic E-state index is -0.111. The Kier molecular flexibility index (Phi) is 6.02. The number of rotatable bonds is 5. The van der Waals surface area contributed by atoms with Crippen LogP contribution in [0.4, 0.5) is 5.69 Å². The van der Waals surface area contributed by atoms with Gasteiger partial charge in [0, 0.05) is 7.05 Å². The van der Waals surface area contributed by atoms with Crippen LogP contribution in [0.1, 0.15) is 11.1 Å². The summed E-state index contributed by atoms with van der Waals surface area (Å²) in [6.45, 7) is 1.96. The van der Waals surface area contributed by atoms with Crippen molar-refractivity contribution < 1.29 is 14.3 Å². The highest BCUT2D eigenvalue weighted by molar-refractivity contribution is 8.18. The van der Waals surface area contributed by atoms with E-state index in [2.05, 4.69) is 4.99 Å². The van der Waals surface area contributed by atoms with Gasteiger partial charge in [-0.15, -0.1) is 0 Å². The van der Waals surface area contributed by atoms with E-state index in [-0.39, 0.29) is 12.5 Å². The van der Waals surface area contributed by atoms with Crippen LogP contribution < -0.4 is 9.47 Å². The highest BCUT2D eigenvalue weighted by Gasteiger charge is 2.30. The summed E-state index contributed by atoms with van der Waals surface area (Å²) in [7, 11) is 3.24. The van der Waals surface area contributed by atoms with Crippen molar-refractivity contribution in [3.8, 4) is 17.6 Å². The molecule has 0 N–H and O–H groups in total. The molecule has 6 nitrogen and oxygen atoms in total. The molecule has 2 aromatic carbocycles. The SMILES string of the molecule is COc1cc(/C=C2/SC(=Nc3ccc(C)cc3)N(C)C2=O)ccc1OCC#N. The molecule has 0 bridgehead atoms. The number of aliphatic imine (C=N–C) groups is 1. The summed E-state index contributed by atoms with van der Waals surface area (Å²) in [5.74, 6) is 0.872. The Morgan fingerprint density at radius 3 is 2.64 bits per heavy atom. The van der Waals surface area contributed by atoms with Gasteiger partial charge in [-0.25, -0.2) is 4.99 Å². The lowest BCUT2D eigenvalue weighted by atomic mass is 10.2. The van der Waals surface area contributed by atoms with Gasteiger partial charge in [-0.1, -0.05) is 23.8 Å². The molecule has 1 amide bonds. The Morgan fingerprint density at radius 2 is 1.96 bits per heavy atom. The van der Waals surface area contributed by atoms with E-state index in [9.17, 15) is 4.79 Å². The molecule has 0 spiro atoms. The Morgan fingerprint density at radius 1 is 1.21 bits per heavy atom. The fraction of sp³-hybridized carbons (Fsp3) is 0.190. The van der Waals surface area contributed by atoms with Crippen molar-refractivity contribution in [2.24, 2.45) is 4.99 Å². The third kappa shape index (κ3) is 4.35. The van der Waals surface area contributed by atoms with Crippen LogP contribution in [0.2, 0.25) is 0 Å². The molecule has 0 atom stereocenters. The van der Waals surface area contributed by atoms with Gasteiger partial charge in [0.25, 0.3) is 5.91 Å². The first-order chi connectivity index (χ1) is 13.5. The quantitative estimate of drug-likeness (QED) is 0.714. The van der Waals surface area contributed by atoms with E-state index in [0.29, 0.717) is 21.6 Å². The molecule has 0 unspecified atom stereocenters. The van der Waals surface area contributed by atoms with Crippen molar-refractivity contribution in [2.75, 3.05) is 20.8 Å². The molecule has 0 aliphatic carbocycles. The molecule has 0 aromatic heterocycles. The first kappa shape index (κ1) is 19.5. The first-order valence-corrected chi connectivity index (χ1v) is 9.34. The number of carbonyl (C=O) groups excluding carboxylic acids is 1. The number of hydrogen-bond donors (Lipinski definition) is 0. The molecule has 28 heavy (non-hydrogen) atoms. The Bertz CT molecular complexity index is 991. The number of hydrogen-bond acceptors (Lipinski definition) is 6. The molecule has 1 fully saturated rings. The molecular formula is C21H19N3O3S. The van der Waals surface area contributed by atoms with Gasteiger partial charge in [-0.2, -0.15) is 5.26 Å². The number of amidine groups is 1. The van der Waals surface area contributed by atoms with Gasteiger partial charge in [-0.3, -0.25) is 9.69 Å². The van der Waals surface area contributed by atoms with Crippen LogP contribution in [0.3, 0.4) is 0 Å². The molecule has 142 valence electrons. The molecule has 7 heteroatoms. The number of thioether (sulfide) groups is 1. The Hall–Kier alpha value is -3.24. The molecule has 2 aromatic rings. The lowest BCUT2D eigenvalue weighted by Gasteiger charge is -2.09. The molecule has 1 aliphatic heterocycles. The summed E-state index contributed by atoms with van der Waals surface area (Å²) in [5.41, 5.74) is 2.75. The summed E-state index contributed by atoms with van der Waals surface area (Å²) >= 11 is 1.32. The maximum Gasteiger partial charge on any atom is 0.266 e. The van der Waals surface area contributed by atoms with Crippen molar-refractivity contribution >= 4 is 34.6 Å². The van der Waals surface area contributed by atoms with Crippen LogP contribution in [0.25, 0.3) is 6.08 Å². The van der Waals surface area contributed by atoms with Crippen molar-refractivity contribution in [3.05, 3.63) is 58.5 Å². The van der Waals surface area contributed by atoms with E-state index >= 15 is 0 Å². The number of nitrogens with zero attached hydrogens (tertiary/aromatic N) is 3. The van der Waals surface area contributed by atoms with Crippen LogP contribution in [0.15, 0.2) is 52.4 Å². The number of carbonyl (C=O) groups is 1. The van der Waals surface area contributed by atoms with Gasteiger partial charge in [0.15, 0.2) is 23.3 Å². The summed E-state index contributed by atoms with van der Waals surface area (Å²) in [4.78, 5) is 19.3. The maximum absolute atomic E-state index is 12.6. The number of nitriles is 1. The highest BCUT2D eigenvalue weighted by atomic mass is 32.2. The zero-order valence-electron chi connectivity index (χ0n) is 15.8. The number of likely N-dealkylation sites (N-methyl/N-ethyl adjacent to an activating group) is 1. The molecule has 0 radical (unpaired) electrons. The zero-order chi connectivity index (χ0) is 20.1. The minimum Gasteiger partial charge on any atom is -0.493 e. The first-order valence-electron chi connectivity index (χ1n) is 8.52. The molecular weight excluding hydrogens is 374 g/mol. The summed E-state index contributed by atoms with van der Waals surface area (Å²) < 4.78 is 10.6. The normalized spacial score (nSPS) is 16.5. The monoisotopic (exact) mass is 393 g/mol. The van der Waals surface area contributed by atoms with Crippen LogP contribution in [0.5, 0.6) is 11.5 Å². The third-order valence-electron chi connectivity index (χ3n) is 4.04. The van der Waals surface area contributed by atoms with Crippen LogP contribution in [-0.4, -0.2) is 36.7 Å². The summed E-state index contributed by atoms with van der Waals surface area (Å²) in [6.07, 6.45) is 1.79. The van der Waals surface area contributed by atoms with E-state index in [1.54, 1.807) is 25.3 Å². The fourth-order valence-electron chi connectivity index (χ4n) is 2.54. The number of aryl methyl sites for hydroxylation is 1. The smallest absolute Gasteiger partial charge is 0.266 e. The van der Waals surface area contributed by atoms with Gasteiger partial charge < -0.3 is 9.47 Å². The van der Waals surface area contributed by atoms with Gasteiger partial charge >= 0.3 is 0 Å². The second-order valence-corrected chi connectivity index (χ2v) is 7.07. The zero-order valence-corrected chi connectivity index (χ0v) is 16.6. The number of amides is 1. The maximum atomic E-state index is 12.6. The average molecular weight is 393 g/mol. The number of benzene rings is 2. The van der Waals surface area contributed by atoms with Crippen LogP contribution in [0, 0.1) is 18.3 Å². The lowest BCUT2D eigenvalue weighted by Crippen LogP contribution is -2.23. The van der Waals surface area contributed by atoms with Crippen molar-refractivity contribution in [1.29, 1.82) is 5.26 Å². The van der Waals surface area contributed by atoms with E-state index < -0.39 is 0 Å². The highest BCUT2D eigenvalue weighted by Crippen LogP contribution is 2.35. The lowest BCUT2D eigenvalue weighted by molar-refractivity contribution is -0.121. The predicted octanol–water partition coefficient (Wildman–Crippen LogP) is 4.14. The van der Waals surface area contributed by atoms with Crippen molar-refractivity contribution in [3.63, 3.8) is 0 Å². The average Bonchev–Trinajstić information content (AvgIpc) is 2.96. The van der Waals surface area contributed by atoms with E-state index in [1.165, 1.54) is 23.8 Å². The van der Waals surface area contributed by atoms with E-state index in [0.717, 1.165) is 16.8 Å². The predicted molar refractivity (Wildman–Crippen MR) is 111 cm³/mol. The fourth-order valence-corrected chi connectivity index (χ4v) is 3.52. The molecule has 1 heterocycles. The topological polar surface area (TPSA) is 74.9 Å². The third-order valence-corrected chi connectivity index (χ3v) is 5.10. The van der Waals surface area contributed by atoms with Gasteiger partial charge in [0.2, 0.25) is 0 Å². The number of ether oxygens (including phenoxy) is 2. The van der Waals surface area contributed by atoms with Gasteiger partial charge in [-0.05, 0) is 54.6 Å². The van der Waals surface area contributed by atoms with E-state index in [1.807, 2.05) is 43.3 Å². The number of methoxy groups -OCH3 is 1. The second kappa shape index (κ2) is 8.63. The van der Waals surface area contributed by atoms with E-state index in [4.69, 9.17) is 14.7 Å². The second-order valence-electron chi connectivity index (χ2n) is 6.06. The van der Waals surface area contributed by atoms with Gasteiger partial charge in [0.05, 0.1) is 17.7 Å². The largest absolute Gasteiger partial charge is 0.493 e. The molecule has 1 saturated heterocycles. The van der Waals surface area contributed by atoms with Crippen LogP contribution >= 0.6 is 11.8 Å². The Labute approximate surface area is 168 Å². The Balaban J connectivity index is 1.85. The summed E-state index contributed by atoms with van der Waals surface area (Å²) in [6, 6.07) is 15.0. The summed E-state index contributed by atoms with van der Waals surface area (Å²) in [5, 5.41) is 9.28.